The van der Waals surface area contributed by atoms with Crippen molar-refractivity contribution in [2.45, 2.75) is 38.0 Å². The number of pyridine rings is 1. The largest absolute Gasteiger partial charge is 0.299 e. The van der Waals surface area contributed by atoms with Crippen LogP contribution in [0, 0.1) is 0 Å². The first-order valence-corrected chi connectivity index (χ1v) is 6.71. The quantitative estimate of drug-likeness (QED) is 0.707. The van der Waals surface area contributed by atoms with Crippen molar-refractivity contribution in [3.8, 4) is 0 Å². The first kappa shape index (κ1) is 11.4. The van der Waals surface area contributed by atoms with Gasteiger partial charge < -0.3 is 0 Å². The summed E-state index contributed by atoms with van der Waals surface area (Å²) in [5.74, 6) is 0.455. The summed E-state index contributed by atoms with van der Waals surface area (Å²) >= 11 is 0. The second-order valence-electron chi connectivity index (χ2n) is 5.07. The summed E-state index contributed by atoms with van der Waals surface area (Å²) in [6.07, 6.45) is 8.85. The van der Waals surface area contributed by atoms with Crippen LogP contribution in [0.4, 0.5) is 0 Å². The maximum atomic E-state index is 12.2. The van der Waals surface area contributed by atoms with E-state index in [9.17, 15) is 4.79 Å². The SMILES string of the molecule is O=C1CCCCCC1c1cncc2ccccc12. The highest BCUT2D eigenvalue weighted by Gasteiger charge is 2.24. The molecule has 1 saturated carbocycles. The predicted octanol–water partition coefficient (Wildman–Crippen LogP) is 3.85. The van der Waals surface area contributed by atoms with Crippen molar-refractivity contribution in [2.24, 2.45) is 0 Å². The molecule has 0 spiro atoms. The molecule has 1 aliphatic carbocycles. The van der Waals surface area contributed by atoms with Crippen LogP contribution in [0.25, 0.3) is 10.8 Å². The summed E-state index contributed by atoms with van der Waals surface area (Å²) in [5.41, 5.74) is 1.13. The number of nitrogens with zero attached hydrogens (tertiary/aromatic N) is 1. The number of fused-ring (bicyclic) bond motifs is 1. The molecule has 0 radical (unpaired) electrons. The lowest BCUT2D eigenvalue weighted by atomic mass is 9.89. The van der Waals surface area contributed by atoms with Crippen molar-refractivity contribution in [3.63, 3.8) is 0 Å². The molecule has 1 aliphatic rings. The van der Waals surface area contributed by atoms with E-state index in [0.29, 0.717) is 5.78 Å². The monoisotopic (exact) mass is 239 g/mol. The summed E-state index contributed by atoms with van der Waals surface area (Å²) < 4.78 is 0. The van der Waals surface area contributed by atoms with Crippen molar-refractivity contribution >= 4 is 16.6 Å². The highest BCUT2D eigenvalue weighted by atomic mass is 16.1. The Hall–Kier alpha value is -1.70. The molecule has 1 heterocycles. The molecule has 1 aromatic carbocycles. The zero-order valence-electron chi connectivity index (χ0n) is 10.4. The maximum Gasteiger partial charge on any atom is 0.140 e. The van der Waals surface area contributed by atoms with Crippen molar-refractivity contribution in [2.75, 3.05) is 0 Å². The number of ketones is 1. The number of aromatic nitrogens is 1. The van der Waals surface area contributed by atoms with Gasteiger partial charge in [0.25, 0.3) is 0 Å². The summed E-state index contributed by atoms with van der Waals surface area (Å²) in [7, 11) is 0. The lowest BCUT2D eigenvalue weighted by molar-refractivity contribution is -0.120. The van der Waals surface area contributed by atoms with Gasteiger partial charge >= 0.3 is 0 Å². The lowest BCUT2D eigenvalue weighted by Crippen LogP contribution is -2.11. The van der Waals surface area contributed by atoms with E-state index >= 15 is 0 Å². The fraction of sp³-hybridized carbons (Fsp3) is 0.375. The first-order valence-electron chi connectivity index (χ1n) is 6.71. The van der Waals surface area contributed by atoms with E-state index in [1.807, 2.05) is 24.5 Å². The summed E-state index contributed by atoms with van der Waals surface area (Å²) in [6.45, 7) is 0. The number of rotatable bonds is 1. The Morgan fingerprint density at radius 1 is 1.06 bits per heavy atom. The highest BCUT2D eigenvalue weighted by molar-refractivity contribution is 5.93. The van der Waals surface area contributed by atoms with Crippen LogP contribution < -0.4 is 0 Å². The smallest absolute Gasteiger partial charge is 0.140 e. The molecule has 2 nitrogen and oxygen atoms in total. The Kier molecular flexibility index (Phi) is 3.09. The normalized spacial score (nSPS) is 20.9. The molecule has 2 aromatic rings. The second-order valence-corrected chi connectivity index (χ2v) is 5.07. The van der Waals surface area contributed by atoms with Gasteiger partial charge in [0.1, 0.15) is 5.78 Å². The molecule has 0 N–H and O–H groups in total. The van der Waals surface area contributed by atoms with Crippen LogP contribution >= 0.6 is 0 Å². The second kappa shape index (κ2) is 4.89. The average Bonchev–Trinajstić information content (AvgIpc) is 2.63. The minimum atomic E-state index is 0.0612. The Bertz CT molecular complexity index is 571. The van der Waals surface area contributed by atoms with Gasteiger partial charge in [-0.2, -0.15) is 0 Å². The van der Waals surface area contributed by atoms with E-state index in [2.05, 4.69) is 17.1 Å². The Morgan fingerprint density at radius 3 is 2.89 bits per heavy atom. The van der Waals surface area contributed by atoms with Crippen molar-refractivity contribution in [1.29, 1.82) is 0 Å². The molecule has 1 atom stereocenters. The highest BCUT2D eigenvalue weighted by Crippen LogP contribution is 2.32. The third-order valence-corrected chi connectivity index (χ3v) is 3.88. The van der Waals surface area contributed by atoms with E-state index in [-0.39, 0.29) is 5.92 Å². The molecule has 92 valence electrons. The Balaban J connectivity index is 2.10. The van der Waals surface area contributed by atoms with Crippen LogP contribution in [0.15, 0.2) is 36.7 Å². The molecule has 0 aliphatic heterocycles. The topological polar surface area (TPSA) is 30.0 Å². The standard InChI is InChI=1S/C16H17NO/c18-16-9-3-1-2-8-14(16)15-11-17-10-12-6-4-5-7-13(12)15/h4-7,10-11,14H,1-3,8-9H2. The van der Waals surface area contributed by atoms with Gasteiger partial charge in [-0.15, -0.1) is 0 Å². The third-order valence-electron chi connectivity index (χ3n) is 3.88. The number of Topliss-reactive ketones (excluding diaryl/α,β-unsaturated/α-hetero) is 1. The lowest BCUT2D eigenvalue weighted by Gasteiger charge is -2.15. The van der Waals surface area contributed by atoms with Crippen LogP contribution in [-0.2, 0) is 4.79 Å². The minimum absolute atomic E-state index is 0.0612. The predicted molar refractivity (Wildman–Crippen MR) is 72.6 cm³/mol. The van der Waals surface area contributed by atoms with Gasteiger partial charge in [-0.25, -0.2) is 0 Å². The Morgan fingerprint density at radius 2 is 1.94 bits per heavy atom. The molecule has 3 rings (SSSR count). The molecule has 1 unspecified atom stereocenters. The van der Waals surface area contributed by atoms with Crippen LogP contribution in [0.1, 0.15) is 43.6 Å². The minimum Gasteiger partial charge on any atom is -0.299 e. The van der Waals surface area contributed by atoms with E-state index in [4.69, 9.17) is 0 Å². The van der Waals surface area contributed by atoms with E-state index in [0.717, 1.165) is 36.6 Å². The van der Waals surface area contributed by atoms with E-state index < -0.39 is 0 Å². The summed E-state index contributed by atoms with van der Waals surface area (Å²) in [5, 5.41) is 2.32. The molecule has 0 amide bonds. The third kappa shape index (κ3) is 2.03. The number of hydrogen-bond donors (Lipinski definition) is 0. The van der Waals surface area contributed by atoms with Gasteiger partial charge in [0, 0.05) is 30.1 Å². The fourth-order valence-corrected chi connectivity index (χ4v) is 2.91. The van der Waals surface area contributed by atoms with Gasteiger partial charge in [0.05, 0.1) is 0 Å². The van der Waals surface area contributed by atoms with Crippen LogP contribution in [0.5, 0.6) is 0 Å². The van der Waals surface area contributed by atoms with Crippen molar-refractivity contribution in [3.05, 3.63) is 42.2 Å². The van der Waals surface area contributed by atoms with Crippen LogP contribution in [-0.4, -0.2) is 10.8 Å². The number of hydrogen-bond acceptors (Lipinski definition) is 2. The fourth-order valence-electron chi connectivity index (χ4n) is 2.91. The number of carbonyl (C=O) groups excluding carboxylic acids is 1. The molecule has 0 bridgehead atoms. The van der Waals surface area contributed by atoms with E-state index in [1.54, 1.807) is 0 Å². The van der Waals surface area contributed by atoms with Gasteiger partial charge in [0.2, 0.25) is 0 Å². The molecule has 2 heteroatoms. The molecular formula is C16H17NO. The maximum absolute atomic E-state index is 12.2. The molecule has 0 saturated heterocycles. The van der Waals surface area contributed by atoms with Crippen LogP contribution in [0.3, 0.4) is 0 Å². The zero-order chi connectivity index (χ0) is 12.4. The Labute approximate surface area is 107 Å². The number of carbonyl (C=O) groups is 1. The summed E-state index contributed by atoms with van der Waals surface area (Å²) in [6, 6.07) is 8.22. The number of benzene rings is 1. The van der Waals surface area contributed by atoms with Gasteiger partial charge in [-0.05, 0) is 23.8 Å². The van der Waals surface area contributed by atoms with E-state index in [1.165, 1.54) is 11.8 Å². The molecule has 1 fully saturated rings. The summed E-state index contributed by atoms with van der Waals surface area (Å²) in [4.78, 5) is 16.5. The van der Waals surface area contributed by atoms with Crippen LogP contribution in [0.2, 0.25) is 0 Å². The van der Waals surface area contributed by atoms with Gasteiger partial charge in [-0.1, -0.05) is 37.1 Å². The van der Waals surface area contributed by atoms with Crippen molar-refractivity contribution in [1.82, 2.24) is 4.98 Å². The molecule has 18 heavy (non-hydrogen) atoms. The molecule has 1 aromatic heterocycles. The zero-order valence-corrected chi connectivity index (χ0v) is 10.4. The average molecular weight is 239 g/mol. The van der Waals surface area contributed by atoms with Gasteiger partial charge in [-0.3, -0.25) is 9.78 Å². The molecular weight excluding hydrogens is 222 g/mol. The van der Waals surface area contributed by atoms with Gasteiger partial charge in [0.15, 0.2) is 0 Å². The van der Waals surface area contributed by atoms with Crippen molar-refractivity contribution < 1.29 is 4.79 Å². The first-order chi connectivity index (χ1) is 8.86.